The maximum atomic E-state index is 12.0. The fourth-order valence-electron chi connectivity index (χ4n) is 1.94. The molecule has 1 aromatic rings. The molecule has 0 radical (unpaired) electrons. The minimum Gasteiger partial charge on any atom is -0.481 e. The number of fused-ring (bicyclic) bond motifs is 1. The van der Waals surface area contributed by atoms with Crippen LogP contribution in [0.1, 0.15) is 34.6 Å². The Bertz CT molecular complexity index is 653. The highest BCUT2D eigenvalue weighted by Crippen LogP contribution is 2.21. The van der Waals surface area contributed by atoms with Crippen LogP contribution < -0.4 is 10.6 Å². The van der Waals surface area contributed by atoms with Crippen molar-refractivity contribution in [2.75, 3.05) is 5.32 Å². The second-order valence-electron chi connectivity index (χ2n) is 4.95. The summed E-state index contributed by atoms with van der Waals surface area (Å²) < 4.78 is 0. The maximum absolute atomic E-state index is 12.0. The van der Waals surface area contributed by atoms with Crippen LogP contribution in [0.3, 0.4) is 0 Å². The molecule has 0 fully saturated rings. The Balaban J connectivity index is 2.16. The number of hydrogen-bond acceptors (Lipinski definition) is 4. The lowest BCUT2D eigenvalue weighted by Gasteiger charge is -2.16. The van der Waals surface area contributed by atoms with E-state index in [2.05, 4.69) is 10.6 Å². The van der Waals surface area contributed by atoms with E-state index < -0.39 is 35.5 Å². The van der Waals surface area contributed by atoms with E-state index in [9.17, 15) is 19.2 Å². The van der Waals surface area contributed by atoms with Gasteiger partial charge in [0.25, 0.3) is 11.8 Å². The summed E-state index contributed by atoms with van der Waals surface area (Å²) in [7, 11) is 0. The quantitative estimate of drug-likeness (QED) is 0.712. The normalized spacial score (nSPS) is 15.9. The summed E-state index contributed by atoms with van der Waals surface area (Å²) in [5.41, 5.74) is 0.787. The van der Waals surface area contributed by atoms with Crippen LogP contribution in [0.25, 0.3) is 0 Å². The van der Waals surface area contributed by atoms with Crippen molar-refractivity contribution in [2.45, 2.75) is 13.8 Å². The maximum Gasteiger partial charge on any atom is 0.307 e. The number of carbonyl (C=O) groups is 4. The zero-order valence-electron chi connectivity index (χ0n) is 11.5. The first-order valence-corrected chi connectivity index (χ1v) is 6.34. The number of rotatable bonds is 4. The van der Waals surface area contributed by atoms with Crippen molar-refractivity contribution >= 4 is 29.4 Å². The van der Waals surface area contributed by atoms with Gasteiger partial charge >= 0.3 is 5.97 Å². The molecule has 0 saturated carbocycles. The summed E-state index contributed by atoms with van der Waals surface area (Å²) in [4.78, 5) is 45.7. The number of nitrogens with one attached hydrogen (secondary N) is 2. The fourth-order valence-corrected chi connectivity index (χ4v) is 1.94. The van der Waals surface area contributed by atoms with Crippen molar-refractivity contribution in [1.82, 2.24) is 5.32 Å². The minimum atomic E-state index is -1.06. The van der Waals surface area contributed by atoms with Crippen LogP contribution >= 0.6 is 0 Å². The van der Waals surface area contributed by atoms with Crippen LogP contribution in [0.15, 0.2) is 18.2 Å². The molecule has 2 rings (SSSR count). The molecule has 21 heavy (non-hydrogen) atoms. The van der Waals surface area contributed by atoms with E-state index in [1.54, 1.807) is 0 Å². The number of hydrogen-bond donors (Lipinski definition) is 3. The van der Waals surface area contributed by atoms with Gasteiger partial charge in [-0.1, -0.05) is 13.8 Å². The molecule has 1 heterocycles. The van der Waals surface area contributed by atoms with Crippen molar-refractivity contribution in [1.29, 1.82) is 0 Å². The summed E-state index contributed by atoms with van der Waals surface area (Å²) in [6.45, 7) is 2.96. The largest absolute Gasteiger partial charge is 0.481 e. The number of aliphatic carboxylic acids is 1. The van der Waals surface area contributed by atoms with Gasteiger partial charge in [0.2, 0.25) is 5.91 Å². The summed E-state index contributed by atoms with van der Waals surface area (Å²) in [6.07, 6.45) is 0. The van der Waals surface area contributed by atoms with Gasteiger partial charge in [-0.3, -0.25) is 24.5 Å². The molecule has 0 spiro atoms. The van der Waals surface area contributed by atoms with Gasteiger partial charge in [0.15, 0.2) is 0 Å². The van der Waals surface area contributed by atoms with Gasteiger partial charge in [-0.05, 0) is 18.2 Å². The molecular formula is C14H14N2O5. The minimum absolute atomic E-state index is 0.191. The van der Waals surface area contributed by atoms with Crippen molar-refractivity contribution in [3.63, 3.8) is 0 Å². The van der Waals surface area contributed by atoms with Crippen molar-refractivity contribution in [2.24, 2.45) is 11.8 Å². The van der Waals surface area contributed by atoms with Gasteiger partial charge in [-0.2, -0.15) is 0 Å². The lowest BCUT2D eigenvalue weighted by Crippen LogP contribution is -2.30. The molecule has 2 unspecified atom stereocenters. The van der Waals surface area contributed by atoms with Crippen LogP contribution in [0, 0.1) is 11.8 Å². The Hall–Kier alpha value is -2.70. The molecule has 3 N–H and O–H groups in total. The molecular weight excluding hydrogens is 276 g/mol. The van der Waals surface area contributed by atoms with E-state index in [1.165, 1.54) is 32.0 Å². The van der Waals surface area contributed by atoms with Gasteiger partial charge in [-0.15, -0.1) is 0 Å². The predicted molar refractivity (Wildman–Crippen MR) is 72.8 cm³/mol. The SMILES string of the molecule is CC(C(=O)O)C(C)C(=O)Nc1ccc2c(c1)C(=O)NC2=O. The number of carboxylic acids is 1. The Morgan fingerprint density at radius 1 is 1.10 bits per heavy atom. The topological polar surface area (TPSA) is 113 Å². The summed E-state index contributed by atoms with van der Waals surface area (Å²) in [5.74, 6) is -4.07. The van der Waals surface area contributed by atoms with E-state index in [-0.39, 0.29) is 11.1 Å². The number of anilines is 1. The third-order valence-corrected chi connectivity index (χ3v) is 3.56. The van der Waals surface area contributed by atoms with Crippen LogP contribution in [0.2, 0.25) is 0 Å². The fraction of sp³-hybridized carbons (Fsp3) is 0.286. The highest BCUT2D eigenvalue weighted by Gasteiger charge is 2.28. The number of imide groups is 1. The highest BCUT2D eigenvalue weighted by atomic mass is 16.4. The first-order valence-electron chi connectivity index (χ1n) is 6.34. The smallest absolute Gasteiger partial charge is 0.307 e. The van der Waals surface area contributed by atoms with Crippen LogP contribution in [-0.4, -0.2) is 28.8 Å². The van der Waals surface area contributed by atoms with Crippen molar-refractivity contribution < 1.29 is 24.3 Å². The number of carboxylic acid groups (broad SMARTS) is 1. The standard InChI is InChI=1S/C14H14N2O5/c1-6(7(2)14(20)21)11(17)15-8-3-4-9-10(5-8)13(19)16-12(9)18/h3-7H,1-2H3,(H,15,17)(H,20,21)(H,16,18,19). The van der Waals surface area contributed by atoms with E-state index in [0.29, 0.717) is 5.69 Å². The van der Waals surface area contributed by atoms with E-state index in [1.807, 2.05) is 0 Å². The van der Waals surface area contributed by atoms with Gasteiger partial charge in [-0.25, -0.2) is 0 Å². The molecule has 7 nitrogen and oxygen atoms in total. The first kappa shape index (κ1) is 14.7. The molecule has 3 amide bonds. The summed E-state index contributed by atoms with van der Waals surface area (Å²) in [6, 6.07) is 4.33. The van der Waals surface area contributed by atoms with Crippen molar-refractivity contribution in [3.8, 4) is 0 Å². The summed E-state index contributed by atoms with van der Waals surface area (Å²) in [5, 5.41) is 13.6. The molecule has 0 aliphatic carbocycles. The molecule has 1 aromatic carbocycles. The molecule has 1 aliphatic rings. The van der Waals surface area contributed by atoms with Crippen LogP contribution in [0.4, 0.5) is 5.69 Å². The van der Waals surface area contributed by atoms with Crippen molar-refractivity contribution in [3.05, 3.63) is 29.3 Å². The Labute approximate surface area is 120 Å². The molecule has 0 aromatic heterocycles. The van der Waals surface area contributed by atoms with E-state index in [0.717, 1.165) is 0 Å². The predicted octanol–water partition coefficient (Wildman–Crippen LogP) is 0.866. The first-order chi connectivity index (χ1) is 9.81. The number of amides is 3. The average molecular weight is 290 g/mol. The summed E-state index contributed by atoms with van der Waals surface area (Å²) >= 11 is 0. The van der Waals surface area contributed by atoms with Crippen LogP contribution in [0.5, 0.6) is 0 Å². The zero-order chi connectivity index (χ0) is 15.7. The average Bonchev–Trinajstić information content (AvgIpc) is 2.72. The molecule has 7 heteroatoms. The molecule has 0 bridgehead atoms. The highest BCUT2D eigenvalue weighted by molar-refractivity contribution is 6.22. The lowest BCUT2D eigenvalue weighted by molar-refractivity contribution is -0.145. The monoisotopic (exact) mass is 290 g/mol. The Morgan fingerprint density at radius 2 is 1.71 bits per heavy atom. The van der Waals surface area contributed by atoms with E-state index in [4.69, 9.17) is 5.11 Å². The number of benzene rings is 1. The second kappa shape index (κ2) is 5.35. The van der Waals surface area contributed by atoms with Gasteiger partial charge in [0.05, 0.1) is 17.0 Å². The Kier molecular flexibility index (Phi) is 3.75. The second-order valence-corrected chi connectivity index (χ2v) is 4.95. The third-order valence-electron chi connectivity index (χ3n) is 3.56. The number of carbonyl (C=O) groups excluding carboxylic acids is 3. The third kappa shape index (κ3) is 2.76. The van der Waals surface area contributed by atoms with Gasteiger partial charge in [0, 0.05) is 11.6 Å². The zero-order valence-corrected chi connectivity index (χ0v) is 11.5. The lowest BCUT2D eigenvalue weighted by atomic mass is 9.95. The molecule has 110 valence electrons. The van der Waals surface area contributed by atoms with Crippen LogP contribution in [-0.2, 0) is 9.59 Å². The van der Waals surface area contributed by atoms with Gasteiger partial charge < -0.3 is 10.4 Å². The van der Waals surface area contributed by atoms with Gasteiger partial charge in [0.1, 0.15) is 0 Å². The Morgan fingerprint density at radius 3 is 2.33 bits per heavy atom. The molecule has 2 atom stereocenters. The molecule has 0 saturated heterocycles. The van der Waals surface area contributed by atoms with E-state index >= 15 is 0 Å². The molecule has 1 aliphatic heterocycles.